The number of nitrogens with one attached hydrogen (secondary N) is 1. The van der Waals surface area contributed by atoms with Gasteiger partial charge in [-0.3, -0.25) is 0 Å². The van der Waals surface area contributed by atoms with E-state index in [4.69, 9.17) is 14.2 Å². The van der Waals surface area contributed by atoms with Gasteiger partial charge in [0, 0.05) is 0 Å². The minimum atomic E-state index is -1.08. The molecule has 3 rings (SSSR count). The van der Waals surface area contributed by atoms with E-state index in [2.05, 4.69) is 15.4 Å². The molecule has 1 aromatic carbocycles. The molecule has 0 saturated heterocycles. The summed E-state index contributed by atoms with van der Waals surface area (Å²) in [4.78, 5) is 15.4. The highest BCUT2D eigenvalue weighted by atomic mass is 16.5. The minimum Gasteiger partial charge on any atom is -0.493 e. The fourth-order valence-electron chi connectivity index (χ4n) is 2.57. The number of aromatic nitrogens is 3. The number of hydrogen-bond donors (Lipinski definition) is 2. The molecule has 0 fully saturated rings. The van der Waals surface area contributed by atoms with Crippen LogP contribution in [0.4, 0.5) is 5.95 Å². The number of fused-ring (bicyclic) bond motifs is 1. The summed E-state index contributed by atoms with van der Waals surface area (Å²) in [5.74, 6) is 0.656. The van der Waals surface area contributed by atoms with Gasteiger partial charge in [-0.2, -0.15) is 10.1 Å². The van der Waals surface area contributed by atoms with Crippen molar-refractivity contribution >= 4 is 11.9 Å². The molecule has 2 heterocycles. The Kier molecular flexibility index (Phi) is 3.98. The SMILES string of the molecule is COc1cc([C@@H]2C=C(C(=O)O)Nc3ncnn32)cc(OC)c1OC. The maximum Gasteiger partial charge on any atom is 0.352 e. The fraction of sp³-hybridized carbons (Fsp3) is 0.267. The maximum atomic E-state index is 11.4. The Morgan fingerprint density at radius 3 is 2.42 bits per heavy atom. The number of carboxylic acids is 1. The largest absolute Gasteiger partial charge is 0.493 e. The molecule has 0 amide bonds. The van der Waals surface area contributed by atoms with Crippen LogP contribution in [0.3, 0.4) is 0 Å². The van der Waals surface area contributed by atoms with E-state index in [0.29, 0.717) is 23.2 Å². The van der Waals surface area contributed by atoms with Crippen LogP contribution in [0.1, 0.15) is 11.6 Å². The molecule has 1 aliphatic rings. The van der Waals surface area contributed by atoms with Gasteiger partial charge in [0.05, 0.1) is 21.3 Å². The Labute approximate surface area is 137 Å². The van der Waals surface area contributed by atoms with Crippen molar-refractivity contribution < 1.29 is 24.1 Å². The number of nitrogens with zero attached hydrogens (tertiary/aromatic N) is 3. The van der Waals surface area contributed by atoms with Crippen LogP contribution in [-0.2, 0) is 4.79 Å². The molecule has 9 nitrogen and oxygen atoms in total. The van der Waals surface area contributed by atoms with Crippen molar-refractivity contribution in [2.45, 2.75) is 6.04 Å². The molecular weight excluding hydrogens is 316 g/mol. The summed E-state index contributed by atoms with van der Waals surface area (Å²) in [6.45, 7) is 0. The lowest BCUT2D eigenvalue weighted by Crippen LogP contribution is -2.24. The standard InChI is InChI=1S/C15H16N4O5/c1-22-11-4-8(5-12(23-2)13(11)24-3)10-6-9(14(20)21)18-15-16-7-17-19(10)15/h4-7,10H,1-3H3,(H,20,21)(H,16,17,18)/t10-/m0/s1. The first-order chi connectivity index (χ1) is 11.6. The molecule has 2 N–H and O–H groups in total. The van der Waals surface area contributed by atoms with E-state index in [-0.39, 0.29) is 5.70 Å². The van der Waals surface area contributed by atoms with Crippen molar-refractivity contribution in [1.82, 2.24) is 14.8 Å². The molecule has 24 heavy (non-hydrogen) atoms. The molecule has 1 aliphatic heterocycles. The second-order valence-corrected chi connectivity index (χ2v) is 4.94. The third-order valence-corrected chi connectivity index (χ3v) is 3.67. The van der Waals surface area contributed by atoms with Crippen molar-refractivity contribution in [1.29, 1.82) is 0 Å². The number of allylic oxidation sites excluding steroid dienone is 1. The zero-order valence-electron chi connectivity index (χ0n) is 13.3. The summed E-state index contributed by atoms with van der Waals surface area (Å²) < 4.78 is 17.6. The van der Waals surface area contributed by atoms with Crippen LogP contribution < -0.4 is 19.5 Å². The molecule has 126 valence electrons. The highest BCUT2D eigenvalue weighted by Gasteiger charge is 2.27. The Morgan fingerprint density at radius 1 is 1.21 bits per heavy atom. The van der Waals surface area contributed by atoms with Gasteiger partial charge in [0.1, 0.15) is 18.1 Å². The van der Waals surface area contributed by atoms with Crippen LogP contribution >= 0.6 is 0 Å². The number of ether oxygens (including phenoxy) is 3. The number of hydrogen-bond acceptors (Lipinski definition) is 7. The van der Waals surface area contributed by atoms with Crippen LogP contribution in [-0.4, -0.2) is 47.2 Å². The van der Waals surface area contributed by atoms with Gasteiger partial charge in [-0.05, 0) is 23.8 Å². The van der Waals surface area contributed by atoms with Crippen LogP contribution in [0.15, 0.2) is 30.2 Å². The molecule has 0 saturated carbocycles. The number of methoxy groups -OCH3 is 3. The van der Waals surface area contributed by atoms with E-state index in [1.54, 1.807) is 22.9 Å². The van der Waals surface area contributed by atoms with Crippen molar-refractivity contribution in [3.63, 3.8) is 0 Å². The fourth-order valence-corrected chi connectivity index (χ4v) is 2.57. The average molecular weight is 332 g/mol. The summed E-state index contributed by atoms with van der Waals surface area (Å²) in [6.07, 6.45) is 2.90. The van der Waals surface area contributed by atoms with Gasteiger partial charge in [0.25, 0.3) is 0 Å². The normalized spacial score (nSPS) is 15.8. The monoisotopic (exact) mass is 332 g/mol. The number of carbonyl (C=O) groups is 1. The topological polar surface area (TPSA) is 108 Å². The van der Waals surface area contributed by atoms with Gasteiger partial charge in [0.15, 0.2) is 11.5 Å². The molecule has 1 aromatic heterocycles. The third-order valence-electron chi connectivity index (χ3n) is 3.67. The number of rotatable bonds is 5. The lowest BCUT2D eigenvalue weighted by atomic mass is 10.0. The number of anilines is 1. The molecular formula is C15H16N4O5. The molecule has 1 atom stereocenters. The van der Waals surface area contributed by atoms with Crippen molar-refractivity contribution in [3.8, 4) is 17.2 Å². The van der Waals surface area contributed by atoms with Crippen LogP contribution in [0.25, 0.3) is 0 Å². The van der Waals surface area contributed by atoms with Crippen LogP contribution in [0.5, 0.6) is 17.2 Å². The van der Waals surface area contributed by atoms with Gasteiger partial charge >= 0.3 is 5.97 Å². The average Bonchev–Trinajstić information content (AvgIpc) is 3.07. The number of carboxylic acid groups (broad SMARTS) is 1. The summed E-state index contributed by atoms with van der Waals surface area (Å²) in [7, 11) is 4.55. The molecule has 0 aliphatic carbocycles. The summed E-state index contributed by atoms with van der Waals surface area (Å²) >= 11 is 0. The van der Waals surface area contributed by atoms with Crippen molar-refractivity contribution in [3.05, 3.63) is 35.8 Å². The highest BCUT2D eigenvalue weighted by molar-refractivity contribution is 5.90. The number of aliphatic carboxylic acids is 1. The lowest BCUT2D eigenvalue weighted by Gasteiger charge is -2.24. The quantitative estimate of drug-likeness (QED) is 0.843. The zero-order valence-corrected chi connectivity index (χ0v) is 13.3. The Hall–Kier alpha value is -3.23. The molecule has 0 spiro atoms. The molecule has 0 radical (unpaired) electrons. The van der Waals surface area contributed by atoms with Crippen molar-refractivity contribution in [2.24, 2.45) is 0 Å². The molecule has 0 unspecified atom stereocenters. The van der Waals surface area contributed by atoms with E-state index in [1.807, 2.05) is 0 Å². The second-order valence-electron chi connectivity index (χ2n) is 4.94. The van der Waals surface area contributed by atoms with Crippen LogP contribution in [0, 0.1) is 0 Å². The predicted octanol–water partition coefficient (Wildman–Crippen LogP) is 1.29. The van der Waals surface area contributed by atoms with Gasteiger partial charge in [-0.1, -0.05) is 0 Å². The first-order valence-electron chi connectivity index (χ1n) is 7.00. The third kappa shape index (κ3) is 2.49. The smallest absolute Gasteiger partial charge is 0.352 e. The maximum absolute atomic E-state index is 11.4. The summed E-state index contributed by atoms with van der Waals surface area (Å²) in [5.41, 5.74) is 0.741. The van der Waals surface area contributed by atoms with E-state index in [1.165, 1.54) is 27.7 Å². The molecule has 0 bridgehead atoms. The Balaban J connectivity index is 2.16. The first-order valence-corrected chi connectivity index (χ1v) is 7.00. The van der Waals surface area contributed by atoms with Gasteiger partial charge < -0.3 is 24.6 Å². The number of benzene rings is 1. The molecule has 9 heteroatoms. The zero-order chi connectivity index (χ0) is 17.3. The second kappa shape index (κ2) is 6.11. The van der Waals surface area contributed by atoms with E-state index < -0.39 is 12.0 Å². The first kappa shape index (κ1) is 15.7. The van der Waals surface area contributed by atoms with E-state index >= 15 is 0 Å². The van der Waals surface area contributed by atoms with Crippen LogP contribution in [0.2, 0.25) is 0 Å². The van der Waals surface area contributed by atoms with Gasteiger partial charge in [0.2, 0.25) is 11.7 Å². The Morgan fingerprint density at radius 2 is 1.88 bits per heavy atom. The molecule has 2 aromatic rings. The summed E-state index contributed by atoms with van der Waals surface area (Å²) in [6, 6.07) is 3.01. The van der Waals surface area contributed by atoms with E-state index in [9.17, 15) is 9.90 Å². The Bertz CT molecular complexity index is 789. The van der Waals surface area contributed by atoms with Gasteiger partial charge in [-0.25, -0.2) is 9.48 Å². The minimum absolute atomic E-state index is 0.0225. The predicted molar refractivity (Wildman–Crippen MR) is 83.6 cm³/mol. The summed E-state index contributed by atoms with van der Waals surface area (Å²) in [5, 5.41) is 16.2. The highest BCUT2D eigenvalue weighted by Crippen LogP contribution is 2.41. The van der Waals surface area contributed by atoms with Crippen molar-refractivity contribution in [2.75, 3.05) is 26.6 Å². The van der Waals surface area contributed by atoms with Gasteiger partial charge in [-0.15, -0.1) is 0 Å². The lowest BCUT2D eigenvalue weighted by molar-refractivity contribution is -0.132. The van der Waals surface area contributed by atoms with E-state index in [0.717, 1.165) is 5.56 Å².